The molecular weight excluding hydrogens is 411 g/mol. The largest absolute Gasteiger partial charge is 0.495 e. The third-order valence-electron chi connectivity index (χ3n) is 4.40. The van der Waals surface area contributed by atoms with Crippen LogP contribution in [0.5, 0.6) is 5.75 Å². The van der Waals surface area contributed by atoms with E-state index in [4.69, 9.17) is 27.9 Å². The van der Waals surface area contributed by atoms with Crippen LogP contribution in [0.2, 0.25) is 10.2 Å². The molecule has 0 aliphatic carbocycles. The average molecular weight is 433 g/mol. The fourth-order valence-corrected chi connectivity index (χ4v) is 3.49. The van der Waals surface area contributed by atoms with E-state index in [1.165, 1.54) is 0 Å². The van der Waals surface area contributed by atoms with E-state index in [1.54, 1.807) is 30.0 Å². The number of nitrogens with one attached hydrogen (secondary N) is 1. The molecule has 1 heterocycles. The van der Waals surface area contributed by atoms with E-state index in [-0.39, 0.29) is 12.5 Å². The van der Waals surface area contributed by atoms with Crippen molar-refractivity contribution in [1.29, 1.82) is 0 Å². The summed E-state index contributed by atoms with van der Waals surface area (Å²) in [7, 11) is 3.39. The third-order valence-corrected chi connectivity index (χ3v) is 5.02. The van der Waals surface area contributed by atoms with Gasteiger partial charge in [-0.25, -0.2) is 4.68 Å². The summed E-state index contributed by atoms with van der Waals surface area (Å²) in [5.41, 5.74) is 3.12. The van der Waals surface area contributed by atoms with Crippen molar-refractivity contribution < 1.29 is 9.53 Å². The van der Waals surface area contributed by atoms with Crippen LogP contribution in [-0.4, -0.2) is 41.3 Å². The van der Waals surface area contributed by atoms with Crippen molar-refractivity contribution in [3.05, 3.63) is 70.0 Å². The first-order valence-corrected chi connectivity index (χ1v) is 9.76. The smallest absolute Gasteiger partial charge is 0.238 e. The second-order valence-corrected chi connectivity index (χ2v) is 7.46. The number of hydrogen-bond donors (Lipinski definition) is 1. The minimum atomic E-state index is -0.183. The van der Waals surface area contributed by atoms with Crippen LogP contribution in [0.3, 0.4) is 0 Å². The van der Waals surface area contributed by atoms with Gasteiger partial charge in [-0.2, -0.15) is 5.10 Å². The number of likely N-dealkylation sites (N-methyl/N-ethyl adjacent to an activating group) is 1. The molecule has 6 nitrogen and oxygen atoms in total. The Morgan fingerprint density at radius 2 is 1.93 bits per heavy atom. The van der Waals surface area contributed by atoms with Crippen molar-refractivity contribution >= 4 is 34.8 Å². The highest BCUT2D eigenvalue weighted by atomic mass is 35.5. The van der Waals surface area contributed by atoms with Crippen LogP contribution in [0, 0.1) is 6.92 Å². The number of anilines is 1. The fourth-order valence-electron chi connectivity index (χ4n) is 2.99. The van der Waals surface area contributed by atoms with Crippen molar-refractivity contribution in [3.63, 3.8) is 0 Å². The van der Waals surface area contributed by atoms with E-state index in [9.17, 15) is 4.79 Å². The van der Waals surface area contributed by atoms with Gasteiger partial charge in [-0.1, -0.05) is 41.4 Å². The number of para-hydroxylation sites is 1. The molecule has 0 fully saturated rings. The van der Waals surface area contributed by atoms with Crippen molar-refractivity contribution in [1.82, 2.24) is 14.7 Å². The minimum absolute atomic E-state index is 0.169. The number of carbonyl (C=O) groups is 1. The molecule has 1 N–H and O–H groups in total. The van der Waals surface area contributed by atoms with Crippen molar-refractivity contribution in [2.75, 3.05) is 26.0 Å². The van der Waals surface area contributed by atoms with Gasteiger partial charge in [0.1, 0.15) is 10.9 Å². The lowest BCUT2D eigenvalue weighted by Crippen LogP contribution is -2.30. The number of hydrogen-bond acceptors (Lipinski definition) is 4. The van der Waals surface area contributed by atoms with E-state index in [2.05, 4.69) is 10.4 Å². The Kier molecular flexibility index (Phi) is 6.79. The van der Waals surface area contributed by atoms with Crippen LogP contribution in [0.1, 0.15) is 11.3 Å². The number of nitrogens with zero attached hydrogens (tertiary/aromatic N) is 3. The molecule has 1 amide bonds. The van der Waals surface area contributed by atoms with Crippen molar-refractivity contribution in [2.45, 2.75) is 13.5 Å². The second kappa shape index (κ2) is 9.31. The quantitative estimate of drug-likeness (QED) is 0.593. The van der Waals surface area contributed by atoms with E-state index in [1.807, 2.05) is 49.2 Å². The summed E-state index contributed by atoms with van der Waals surface area (Å²) in [5, 5.41) is 8.43. The molecule has 8 heteroatoms. The number of amides is 1. The molecule has 0 saturated heterocycles. The SMILES string of the molecule is COc1ccc(Cl)cc1NC(=O)CN(C)Cc1c(C)nn(-c2ccccc2)c1Cl. The summed E-state index contributed by atoms with van der Waals surface area (Å²) in [4.78, 5) is 14.4. The Hall–Kier alpha value is -2.54. The number of carbonyl (C=O) groups excluding carboxylic acids is 1. The van der Waals surface area contributed by atoms with Gasteiger partial charge in [0.2, 0.25) is 5.91 Å². The first-order chi connectivity index (χ1) is 13.9. The number of ether oxygens (including phenoxy) is 1. The van der Waals surface area contributed by atoms with Crippen LogP contribution in [0.15, 0.2) is 48.5 Å². The van der Waals surface area contributed by atoms with Gasteiger partial charge >= 0.3 is 0 Å². The van der Waals surface area contributed by atoms with Gasteiger partial charge in [0.15, 0.2) is 0 Å². The molecule has 3 aromatic rings. The van der Waals surface area contributed by atoms with Gasteiger partial charge in [-0.3, -0.25) is 9.69 Å². The van der Waals surface area contributed by atoms with Gasteiger partial charge in [0.05, 0.1) is 30.7 Å². The number of aryl methyl sites for hydroxylation is 1. The Morgan fingerprint density at radius 3 is 2.62 bits per heavy atom. The molecule has 0 atom stereocenters. The summed E-state index contributed by atoms with van der Waals surface area (Å²) in [6, 6.07) is 14.8. The second-order valence-electron chi connectivity index (χ2n) is 6.67. The fraction of sp³-hybridized carbons (Fsp3) is 0.238. The van der Waals surface area contributed by atoms with Crippen molar-refractivity contribution in [3.8, 4) is 11.4 Å². The van der Waals surface area contributed by atoms with E-state index in [0.717, 1.165) is 16.9 Å². The van der Waals surface area contributed by atoms with Crippen LogP contribution in [0.4, 0.5) is 5.69 Å². The van der Waals surface area contributed by atoms with Gasteiger partial charge in [0, 0.05) is 17.1 Å². The first kappa shape index (κ1) is 21.2. The standard InChI is InChI=1S/C21H22Cl2N4O2/c1-14-17(21(23)27(25-14)16-7-5-4-6-8-16)12-26(2)13-20(28)24-18-11-15(22)9-10-19(18)29-3/h4-11H,12-13H2,1-3H3,(H,24,28). The Morgan fingerprint density at radius 1 is 1.21 bits per heavy atom. The molecule has 29 heavy (non-hydrogen) atoms. The lowest BCUT2D eigenvalue weighted by atomic mass is 10.2. The van der Waals surface area contributed by atoms with E-state index in [0.29, 0.717) is 28.2 Å². The normalized spacial score (nSPS) is 11.0. The zero-order valence-electron chi connectivity index (χ0n) is 16.4. The summed E-state index contributed by atoms with van der Waals surface area (Å²) in [6.45, 7) is 2.56. The number of aromatic nitrogens is 2. The summed E-state index contributed by atoms with van der Waals surface area (Å²) >= 11 is 12.6. The van der Waals surface area contributed by atoms with Crippen LogP contribution in [-0.2, 0) is 11.3 Å². The monoisotopic (exact) mass is 432 g/mol. The molecule has 3 rings (SSSR count). The minimum Gasteiger partial charge on any atom is -0.495 e. The zero-order valence-corrected chi connectivity index (χ0v) is 18.0. The average Bonchev–Trinajstić information content (AvgIpc) is 2.97. The summed E-state index contributed by atoms with van der Waals surface area (Å²) in [6.07, 6.45) is 0. The molecule has 0 radical (unpaired) electrons. The predicted octanol–water partition coefficient (Wildman–Crippen LogP) is 4.57. The molecule has 0 aliphatic rings. The number of benzene rings is 2. The molecule has 152 valence electrons. The molecule has 0 unspecified atom stereocenters. The maximum Gasteiger partial charge on any atom is 0.238 e. The van der Waals surface area contributed by atoms with Gasteiger partial charge in [-0.05, 0) is 44.3 Å². The Balaban J connectivity index is 1.68. The molecule has 1 aromatic heterocycles. The van der Waals surface area contributed by atoms with Crippen molar-refractivity contribution in [2.24, 2.45) is 0 Å². The molecular formula is C21H22Cl2N4O2. The highest BCUT2D eigenvalue weighted by Gasteiger charge is 2.18. The maximum atomic E-state index is 12.5. The molecule has 0 saturated carbocycles. The lowest BCUT2D eigenvalue weighted by molar-refractivity contribution is -0.117. The van der Waals surface area contributed by atoms with Gasteiger partial charge in [0.25, 0.3) is 0 Å². The third kappa shape index (κ3) is 5.09. The van der Waals surface area contributed by atoms with Crippen LogP contribution < -0.4 is 10.1 Å². The van der Waals surface area contributed by atoms with Gasteiger partial charge in [-0.15, -0.1) is 0 Å². The number of halogens is 2. The molecule has 0 bridgehead atoms. The Labute approximate surface area is 180 Å². The highest BCUT2D eigenvalue weighted by Crippen LogP contribution is 2.28. The highest BCUT2D eigenvalue weighted by molar-refractivity contribution is 6.31. The van der Waals surface area contributed by atoms with E-state index < -0.39 is 0 Å². The zero-order chi connectivity index (χ0) is 21.0. The molecule has 0 spiro atoms. The van der Waals surface area contributed by atoms with Crippen LogP contribution in [0.25, 0.3) is 5.69 Å². The van der Waals surface area contributed by atoms with Crippen LogP contribution >= 0.6 is 23.2 Å². The van der Waals surface area contributed by atoms with E-state index >= 15 is 0 Å². The topological polar surface area (TPSA) is 59.4 Å². The summed E-state index contributed by atoms with van der Waals surface area (Å²) < 4.78 is 6.97. The summed E-state index contributed by atoms with van der Waals surface area (Å²) in [5.74, 6) is 0.366. The first-order valence-electron chi connectivity index (χ1n) is 9.00. The number of rotatable bonds is 7. The van der Waals surface area contributed by atoms with Gasteiger partial charge < -0.3 is 10.1 Å². The molecule has 2 aromatic carbocycles. The lowest BCUT2D eigenvalue weighted by Gasteiger charge is -2.17. The number of methoxy groups -OCH3 is 1. The molecule has 0 aliphatic heterocycles. The maximum absolute atomic E-state index is 12.5. The predicted molar refractivity (Wildman–Crippen MR) is 116 cm³/mol. The Bertz CT molecular complexity index is 1010.